The van der Waals surface area contributed by atoms with E-state index in [1.54, 1.807) is 7.05 Å². The van der Waals surface area contributed by atoms with Gasteiger partial charge in [0.25, 0.3) is 0 Å². The van der Waals surface area contributed by atoms with Gasteiger partial charge in [-0.15, -0.1) is 36.2 Å². The number of anilines is 1. The van der Waals surface area contributed by atoms with Crippen molar-refractivity contribution in [3.8, 4) is 11.5 Å². The normalized spacial score (nSPS) is 10.5. The largest absolute Gasteiger partial charge is 0.458 e. The van der Waals surface area contributed by atoms with Crippen LogP contribution in [-0.2, 0) is 6.54 Å². The van der Waals surface area contributed by atoms with E-state index in [9.17, 15) is 0 Å². The number of aliphatic imine (C=N–C) groups is 1. The van der Waals surface area contributed by atoms with Crippen LogP contribution >= 0.6 is 36.2 Å². The molecule has 2 aromatic rings. The van der Waals surface area contributed by atoms with Gasteiger partial charge in [0.1, 0.15) is 11.5 Å². The third-order valence-electron chi connectivity index (χ3n) is 2.10. The zero-order valence-corrected chi connectivity index (χ0v) is 12.6. The summed E-state index contributed by atoms with van der Waals surface area (Å²) in [6.07, 6.45) is 0. The van der Waals surface area contributed by atoms with Crippen molar-refractivity contribution in [3.63, 3.8) is 0 Å². The van der Waals surface area contributed by atoms with Gasteiger partial charge in [-0.25, -0.2) is 4.98 Å². The van der Waals surface area contributed by atoms with Crippen LogP contribution in [-0.4, -0.2) is 18.0 Å². The Morgan fingerprint density at radius 2 is 2.21 bits per heavy atom. The minimum atomic E-state index is 0. The fourth-order valence-electron chi connectivity index (χ4n) is 1.24. The molecule has 0 radical (unpaired) electrons. The highest BCUT2D eigenvalue weighted by atomic mass is 35.5. The molecule has 2 heterocycles. The molecule has 0 fully saturated rings. The Balaban J connectivity index is 0.00000162. The lowest BCUT2D eigenvalue weighted by atomic mass is 10.3. The van der Waals surface area contributed by atoms with Crippen LogP contribution in [0.2, 0.25) is 0 Å². The number of hydrogen-bond acceptors (Lipinski definition) is 5. The number of hydrogen-bond donors (Lipinski definition) is 3. The monoisotopic (exact) mass is 323 g/mol. The Kier molecular flexibility index (Phi) is 7.47. The van der Waals surface area contributed by atoms with Gasteiger partial charge in [0.15, 0.2) is 16.9 Å². The molecule has 0 aliphatic rings. The molecule has 5 N–H and O–H groups in total. The average molecular weight is 324 g/mol. The first kappa shape index (κ1) is 17.7. The summed E-state index contributed by atoms with van der Waals surface area (Å²) in [7, 11) is 1.61. The summed E-state index contributed by atoms with van der Waals surface area (Å²) in [5, 5.41) is 5.43. The van der Waals surface area contributed by atoms with E-state index in [1.165, 1.54) is 11.3 Å². The first-order chi connectivity index (χ1) is 8.22. The molecule has 0 aromatic carbocycles. The van der Waals surface area contributed by atoms with Crippen LogP contribution in [0.25, 0.3) is 11.5 Å². The standard InChI is InChI=1S/C10H13N5OS.2ClH/c1-13-9(12)15-10-14-7(5-17-10)8-3-2-6(4-11)16-8;;/h2-3,5H,4,11H2,1H3,(H3,12,13,14,15);2*1H. The third-order valence-corrected chi connectivity index (χ3v) is 2.85. The molecule has 2 aromatic heterocycles. The quantitative estimate of drug-likeness (QED) is 0.592. The molecule has 6 nitrogen and oxygen atoms in total. The summed E-state index contributed by atoms with van der Waals surface area (Å²) in [6, 6.07) is 3.68. The number of nitrogens with two attached hydrogens (primary N) is 2. The lowest BCUT2D eigenvalue weighted by Crippen LogP contribution is -2.21. The number of nitrogens with one attached hydrogen (secondary N) is 1. The van der Waals surface area contributed by atoms with Crippen molar-refractivity contribution in [1.29, 1.82) is 0 Å². The van der Waals surface area contributed by atoms with E-state index in [0.29, 0.717) is 23.4 Å². The molecule has 0 aliphatic carbocycles. The van der Waals surface area contributed by atoms with Gasteiger partial charge >= 0.3 is 0 Å². The van der Waals surface area contributed by atoms with E-state index in [4.69, 9.17) is 15.9 Å². The van der Waals surface area contributed by atoms with Crippen molar-refractivity contribution in [2.45, 2.75) is 6.54 Å². The lowest BCUT2D eigenvalue weighted by Gasteiger charge is -1.97. The Hall–Kier alpha value is -1.28. The molecule has 0 aliphatic heterocycles. The van der Waals surface area contributed by atoms with E-state index in [-0.39, 0.29) is 24.8 Å². The fraction of sp³-hybridized carbons (Fsp3) is 0.200. The van der Waals surface area contributed by atoms with Gasteiger partial charge in [-0.3, -0.25) is 4.99 Å². The zero-order valence-electron chi connectivity index (χ0n) is 10.1. The number of halogens is 2. The molecule has 0 saturated carbocycles. The SMILES string of the molecule is CN=C(N)Nc1nc(-c2ccc(CN)o2)cs1.Cl.Cl. The minimum absolute atomic E-state index is 0. The van der Waals surface area contributed by atoms with Gasteiger partial charge in [0.2, 0.25) is 0 Å². The molecular weight excluding hydrogens is 309 g/mol. The molecule has 9 heteroatoms. The van der Waals surface area contributed by atoms with Gasteiger partial charge in [0, 0.05) is 12.4 Å². The maximum Gasteiger partial charge on any atom is 0.194 e. The van der Waals surface area contributed by atoms with Crippen molar-refractivity contribution in [2.24, 2.45) is 16.5 Å². The summed E-state index contributed by atoms with van der Waals surface area (Å²) >= 11 is 1.43. The first-order valence-corrected chi connectivity index (χ1v) is 5.85. The maximum atomic E-state index is 5.54. The number of aromatic nitrogens is 1. The second kappa shape index (κ2) is 8.00. The molecule has 0 saturated heterocycles. The molecule has 106 valence electrons. The van der Waals surface area contributed by atoms with Gasteiger partial charge in [-0.2, -0.15) is 0 Å². The second-order valence-electron chi connectivity index (χ2n) is 3.24. The predicted octanol–water partition coefficient (Wildman–Crippen LogP) is 2.06. The number of thiazole rings is 1. The highest BCUT2D eigenvalue weighted by Crippen LogP contribution is 2.26. The topological polar surface area (TPSA) is 102 Å². The predicted molar refractivity (Wildman–Crippen MR) is 83.4 cm³/mol. The summed E-state index contributed by atoms with van der Waals surface area (Å²) in [5.41, 5.74) is 11.8. The van der Waals surface area contributed by atoms with E-state index >= 15 is 0 Å². The molecule has 0 spiro atoms. The van der Waals surface area contributed by atoms with Crippen molar-refractivity contribution < 1.29 is 4.42 Å². The Morgan fingerprint density at radius 1 is 1.47 bits per heavy atom. The molecule has 2 rings (SSSR count). The maximum absolute atomic E-state index is 5.54. The molecule has 0 bridgehead atoms. The van der Waals surface area contributed by atoms with E-state index in [0.717, 1.165) is 11.5 Å². The van der Waals surface area contributed by atoms with Crippen molar-refractivity contribution in [2.75, 3.05) is 12.4 Å². The van der Waals surface area contributed by atoms with Gasteiger partial charge in [-0.1, -0.05) is 0 Å². The van der Waals surface area contributed by atoms with Crippen LogP contribution in [0.5, 0.6) is 0 Å². The zero-order chi connectivity index (χ0) is 12.3. The van der Waals surface area contributed by atoms with Crippen molar-refractivity contribution in [3.05, 3.63) is 23.3 Å². The highest BCUT2D eigenvalue weighted by molar-refractivity contribution is 7.14. The van der Waals surface area contributed by atoms with Gasteiger partial charge < -0.3 is 21.2 Å². The van der Waals surface area contributed by atoms with Crippen molar-refractivity contribution in [1.82, 2.24) is 4.98 Å². The van der Waals surface area contributed by atoms with Gasteiger partial charge in [-0.05, 0) is 12.1 Å². The highest BCUT2D eigenvalue weighted by Gasteiger charge is 2.08. The van der Waals surface area contributed by atoms with Crippen molar-refractivity contribution >= 4 is 47.2 Å². The first-order valence-electron chi connectivity index (χ1n) is 4.97. The summed E-state index contributed by atoms with van der Waals surface area (Å²) in [6.45, 7) is 0.380. The summed E-state index contributed by atoms with van der Waals surface area (Å²) in [5.74, 6) is 1.76. The van der Waals surface area contributed by atoms with Crippen LogP contribution in [0.3, 0.4) is 0 Å². The molecular formula is C10H15Cl2N5OS. The summed E-state index contributed by atoms with van der Waals surface area (Å²) in [4.78, 5) is 8.12. The van der Waals surface area contributed by atoms with Crippen LogP contribution < -0.4 is 16.8 Å². The van der Waals surface area contributed by atoms with Crippen LogP contribution in [0, 0.1) is 0 Å². The third kappa shape index (κ3) is 4.39. The number of rotatable bonds is 3. The van der Waals surface area contributed by atoms with E-state index < -0.39 is 0 Å². The van der Waals surface area contributed by atoms with Crippen LogP contribution in [0.15, 0.2) is 26.9 Å². The molecule has 0 atom stereocenters. The molecule has 0 amide bonds. The molecule has 0 unspecified atom stereocenters. The number of nitrogens with zero attached hydrogens (tertiary/aromatic N) is 2. The van der Waals surface area contributed by atoms with E-state index in [2.05, 4.69) is 15.3 Å². The van der Waals surface area contributed by atoms with Crippen LogP contribution in [0.1, 0.15) is 5.76 Å². The fourth-order valence-corrected chi connectivity index (χ4v) is 1.94. The van der Waals surface area contributed by atoms with E-state index in [1.807, 2.05) is 17.5 Å². The Bertz CT molecular complexity index is 540. The Labute approximate surface area is 127 Å². The Morgan fingerprint density at radius 3 is 2.79 bits per heavy atom. The number of furan rings is 1. The average Bonchev–Trinajstić information content (AvgIpc) is 2.96. The van der Waals surface area contributed by atoms with Crippen LogP contribution in [0.4, 0.5) is 5.13 Å². The number of guanidine groups is 1. The second-order valence-corrected chi connectivity index (χ2v) is 4.10. The minimum Gasteiger partial charge on any atom is -0.458 e. The smallest absolute Gasteiger partial charge is 0.194 e. The lowest BCUT2D eigenvalue weighted by molar-refractivity contribution is 0.524. The summed E-state index contributed by atoms with van der Waals surface area (Å²) < 4.78 is 5.49. The van der Waals surface area contributed by atoms with Gasteiger partial charge in [0.05, 0.1) is 6.54 Å². The molecule has 19 heavy (non-hydrogen) atoms.